The topological polar surface area (TPSA) is 18.5 Å². The largest absolute Gasteiger partial charge is 0.495 e. The van der Waals surface area contributed by atoms with Crippen LogP contribution in [0.1, 0.15) is 51.3 Å². The highest BCUT2D eigenvalue weighted by molar-refractivity contribution is 6.64. The quantitative estimate of drug-likeness (QED) is 0.559. The molecule has 3 heteroatoms. The Kier molecular flexibility index (Phi) is 3.91. The van der Waals surface area contributed by atoms with Crippen LogP contribution in [0.5, 0.6) is 0 Å². The smallest absolute Gasteiger partial charge is 0.399 e. The predicted molar refractivity (Wildman–Crippen MR) is 120 cm³/mol. The molecule has 0 radical (unpaired) electrons. The molecule has 1 saturated heterocycles. The van der Waals surface area contributed by atoms with Gasteiger partial charge in [0.25, 0.3) is 0 Å². The van der Waals surface area contributed by atoms with Crippen molar-refractivity contribution in [3.8, 4) is 11.1 Å². The molecule has 0 spiro atoms. The summed E-state index contributed by atoms with van der Waals surface area (Å²) in [6.07, 6.45) is 0. The summed E-state index contributed by atoms with van der Waals surface area (Å²) in [5.74, 6) is 0. The molecule has 2 nitrogen and oxygen atoms in total. The van der Waals surface area contributed by atoms with Crippen molar-refractivity contribution in [3.63, 3.8) is 0 Å². The molecule has 29 heavy (non-hydrogen) atoms. The molecule has 0 amide bonds. The lowest BCUT2D eigenvalue weighted by atomic mass is 9.71. The fourth-order valence-corrected chi connectivity index (χ4v) is 4.82. The highest BCUT2D eigenvalue weighted by Crippen LogP contribution is 2.52. The van der Waals surface area contributed by atoms with Crippen LogP contribution in [-0.2, 0) is 14.7 Å². The van der Waals surface area contributed by atoms with Gasteiger partial charge < -0.3 is 9.31 Å². The Morgan fingerprint density at radius 1 is 0.621 bits per heavy atom. The van der Waals surface area contributed by atoms with E-state index < -0.39 is 0 Å². The van der Waals surface area contributed by atoms with E-state index in [0.29, 0.717) is 0 Å². The number of benzene rings is 3. The first kappa shape index (κ1) is 18.7. The number of hydrogen-bond donors (Lipinski definition) is 0. The van der Waals surface area contributed by atoms with E-state index in [1.165, 1.54) is 27.8 Å². The molecule has 3 aromatic carbocycles. The zero-order valence-corrected chi connectivity index (χ0v) is 17.8. The van der Waals surface area contributed by atoms with Gasteiger partial charge in [-0.05, 0) is 67.9 Å². The van der Waals surface area contributed by atoms with E-state index in [-0.39, 0.29) is 23.7 Å². The molecule has 0 N–H and O–H groups in total. The molecular weight excluding hydrogens is 355 g/mol. The Hall–Kier alpha value is -2.36. The van der Waals surface area contributed by atoms with Crippen molar-refractivity contribution < 1.29 is 9.31 Å². The number of rotatable bonds is 2. The minimum Gasteiger partial charge on any atom is -0.399 e. The standard InChI is InChI=1S/C26H27BO2/c1-24(2)25(3,4)29-27(28-24)22-17-11-16-21-23(22)19-14-9-10-15-20(19)26(21,5)18-12-7-6-8-13-18/h6-17H,1-5H3. The van der Waals surface area contributed by atoms with Crippen LogP contribution >= 0.6 is 0 Å². The molecular formula is C26H27BO2. The molecule has 146 valence electrons. The lowest BCUT2D eigenvalue weighted by molar-refractivity contribution is 0.00578. The molecule has 2 aliphatic rings. The van der Waals surface area contributed by atoms with Gasteiger partial charge in [0.1, 0.15) is 0 Å². The summed E-state index contributed by atoms with van der Waals surface area (Å²) in [5, 5.41) is 0. The highest BCUT2D eigenvalue weighted by atomic mass is 16.7. The lowest BCUT2D eigenvalue weighted by Gasteiger charge is -2.32. The molecule has 1 atom stereocenters. The number of hydrogen-bond acceptors (Lipinski definition) is 2. The molecule has 1 unspecified atom stereocenters. The fraction of sp³-hybridized carbons (Fsp3) is 0.308. The van der Waals surface area contributed by atoms with Crippen LogP contribution in [0.25, 0.3) is 11.1 Å². The second-order valence-electron chi connectivity index (χ2n) is 9.39. The Morgan fingerprint density at radius 2 is 1.21 bits per heavy atom. The van der Waals surface area contributed by atoms with Crippen LogP contribution in [0.2, 0.25) is 0 Å². The van der Waals surface area contributed by atoms with E-state index >= 15 is 0 Å². The number of fused-ring (bicyclic) bond motifs is 3. The normalized spacial score (nSPS) is 23.7. The third-order valence-electron chi connectivity index (χ3n) is 7.23. The van der Waals surface area contributed by atoms with Gasteiger partial charge in [-0.1, -0.05) is 72.8 Å². The van der Waals surface area contributed by atoms with E-state index in [4.69, 9.17) is 9.31 Å². The van der Waals surface area contributed by atoms with Crippen molar-refractivity contribution in [2.45, 2.75) is 51.2 Å². The summed E-state index contributed by atoms with van der Waals surface area (Å²) in [6.45, 7) is 10.8. The van der Waals surface area contributed by atoms with E-state index in [9.17, 15) is 0 Å². The minimum atomic E-state index is -0.374. The molecule has 1 heterocycles. The summed E-state index contributed by atoms with van der Waals surface area (Å²) in [5.41, 5.74) is 6.69. The van der Waals surface area contributed by atoms with Gasteiger partial charge in [-0.25, -0.2) is 0 Å². The van der Waals surface area contributed by atoms with Crippen LogP contribution in [0, 0.1) is 0 Å². The molecule has 5 rings (SSSR count). The summed E-state index contributed by atoms with van der Waals surface area (Å²) in [7, 11) is -0.374. The van der Waals surface area contributed by atoms with Gasteiger partial charge in [0.05, 0.1) is 11.2 Å². The average molecular weight is 382 g/mol. The molecule has 0 aromatic heterocycles. The van der Waals surface area contributed by atoms with Crippen molar-refractivity contribution in [2.75, 3.05) is 0 Å². The van der Waals surface area contributed by atoms with Crippen LogP contribution in [0.15, 0.2) is 72.8 Å². The second kappa shape index (κ2) is 6.07. The Labute approximate surface area is 174 Å². The van der Waals surface area contributed by atoms with E-state index in [1.807, 2.05) is 0 Å². The van der Waals surface area contributed by atoms with Crippen molar-refractivity contribution in [1.29, 1.82) is 0 Å². The molecule has 1 aliphatic carbocycles. The van der Waals surface area contributed by atoms with Gasteiger partial charge in [-0.15, -0.1) is 0 Å². The minimum absolute atomic E-state index is 0.202. The molecule has 1 aliphatic heterocycles. The molecule has 3 aromatic rings. The van der Waals surface area contributed by atoms with Gasteiger partial charge >= 0.3 is 7.12 Å². The second-order valence-corrected chi connectivity index (χ2v) is 9.39. The monoisotopic (exact) mass is 382 g/mol. The molecule has 0 bridgehead atoms. The maximum absolute atomic E-state index is 6.44. The van der Waals surface area contributed by atoms with Gasteiger partial charge in [-0.3, -0.25) is 0 Å². The van der Waals surface area contributed by atoms with Gasteiger partial charge in [-0.2, -0.15) is 0 Å². The first-order chi connectivity index (χ1) is 13.8. The Bertz CT molecular complexity index is 1070. The highest BCUT2D eigenvalue weighted by Gasteiger charge is 2.53. The van der Waals surface area contributed by atoms with Crippen LogP contribution in [-0.4, -0.2) is 18.3 Å². The van der Waals surface area contributed by atoms with E-state index in [0.717, 1.165) is 5.46 Å². The average Bonchev–Trinajstić information content (AvgIpc) is 3.11. The Balaban J connectivity index is 1.75. The first-order valence-corrected chi connectivity index (χ1v) is 10.4. The van der Waals surface area contributed by atoms with Gasteiger partial charge in [0.15, 0.2) is 0 Å². The van der Waals surface area contributed by atoms with Gasteiger partial charge in [0.2, 0.25) is 0 Å². The van der Waals surface area contributed by atoms with Crippen molar-refractivity contribution >= 4 is 12.6 Å². The zero-order valence-electron chi connectivity index (χ0n) is 17.8. The van der Waals surface area contributed by atoms with Crippen molar-refractivity contribution in [3.05, 3.63) is 89.5 Å². The maximum Gasteiger partial charge on any atom is 0.495 e. The van der Waals surface area contributed by atoms with E-state index in [1.54, 1.807) is 0 Å². The summed E-state index contributed by atoms with van der Waals surface area (Å²) in [6, 6.07) is 26.1. The summed E-state index contributed by atoms with van der Waals surface area (Å²) >= 11 is 0. The molecule has 1 fully saturated rings. The predicted octanol–water partition coefficient (Wildman–Crippen LogP) is 5.32. The summed E-state index contributed by atoms with van der Waals surface area (Å²) < 4.78 is 12.9. The zero-order chi connectivity index (χ0) is 20.4. The van der Waals surface area contributed by atoms with Crippen LogP contribution in [0.3, 0.4) is 0 Å². The van der Waals surface area contributed by atoms with Gasteiger partial charge in [0, 0.05) is 5.41 Å². The lowest BCUT2D eigenvalue weighted by Crippen LogP contribution is -2.41. The third-order valence-corrected chi connectivity index (χ3v) is 7.23. The fourth-order valence-electron chi connectivity index (χ4n) is 4.82. The van der Waals surface area contributed by atoms with Crippen LogP contribution < -0.4 is 5.46 Å². The molecule has 0 saturated carbocycles. The maximum atomic E-state index is 6.44. The van der Waals surface area contributed by atoms with Crippen molar-refractivity contribution in [1.82, 2.24) is 0 Å². The van der Waals surface area contributed by atoms with Crippen molar-refractivity contribution in [2.24, 2.45) is 0 Å². The summed E-state index contributed by atoms with van der Waals surface area (Å²) in [4.78, 5) is 0. The van der Waals surface area contributed by atoms with E-state index in [2.05, 4.69) is 107 Å². The Morgan fingerprint density at radius 3 is 1.90 bits per heavy atom. The van der Waals surface area contributed by atoms with Crippen LogP contribution in [0.4, 0.5) is 0 Å². The first-order valence-electron chi connectivity index (χ1n) is 10.4. The SMILES string of the molecule is CC1(c2ccccc2)c2ccccc2-c2c(B3OC(C)(C)C(C)(C)O3)cccc21. The third kappa shape index (κ3) is 2.51.